The van der Waals surface area contributed by atoms with Crippen molar-refractivity contribution in [3.63, 3.8) is 0 Å². The van der Waals surface area contributed by atoms with E-state index in [-0.39, 0.29) is 6.03 Å². The van der Waals surface area contributed by atoms with Crippen LogP contribution in [0.25, 0.3) is 11.3 Å². The standard InChI is InChI=1S/C18H20N4OS/c1-13-8-9-15(24-13)10-20-18(23)22(2)12-17-19-11-16(21-17)14-6-4-3-5-7-14/h3-9,11H,10,12H2,1-2H3,(H,19,21)(H,20,23). The molecule has 6 heteroatoms. The van der Waals surface area contributed by atoms with Gasteiger partial charge in [0.2, 0.25) is 0 Å². The van der Waals surface area contributed by atoms with Crippen LogP contribution in [0.15, 0.2) is 48.7 Å². The lowest BCUT2D eigenvalue weighted by Gasteiger charge is -2.16. The van der Waals surface area contributed by atoms with E-state index >= 15 is 0 Å². The number of aromatic amines is 1. The van der Waals surface area contributed by atoms with E-state index in [0.29, 0.717) is 13.1 Å². The third kappa shape index (κ3) is 4.02. The fraction of sp³-hybridized carbons (Fsp3) is 0.222. The number of hydrogen-bond donors (Lipinski definition) is 2. The minimum Gasteiger partial charge on any atom is -0.341 e. The average molecular weight is 340 g/mol. The van der Waals surface area contributed by atoms with Crippen LogP contribution >= 0.6 is 11.3 Å². The Morgan fingerprint density at radius 2 is 2.04 bits per heavy atom. The summed E-state index contributed by atoms with van der Waals surface area (Å²) in [7, 11) is 1.76. The molecule has 3 aromatic rings. The molecule has 2 amide bonds. The summed E-state index contributed by atoms with van der Waals surface area (Å²) in [6, 6.07) is 14.0. The van der Waals surface area contributed by atoms with Crippen LogP contribution < -0.4 is 5.32 Å². The molecule has 0 aliphatic heterocycles. The van der Waals surface area contributed by atoms with Crippen LogP contribution in [0.5, 0.6) is 0 Å². The number of imidazole rings is 1. The Morgan fingerprint density at radius 1 is 1.25 bits per heavy atom. The molecule has 0 atom stereocenters. The zero-order chi connectivity index (χ0) is 16.9. The number of aryl methyl sites for hydroxylation is 1. The largest absolute Gasteiger partial charge is 0.341 e. The highest BCUT2D eigenvalue weighted by atomic mass is 32.1. The summed E-state index contributed by atoms with van der Waals surface area (Å²) in [5, 5.41) is 2.93. The topological polar surface area (TPSA) is 61.0 Å². The number of nitrogens with zero attached hydrogens (tertiary/aromatic N) is 2. The van der Waals surface area contributed by atoms with Crippen molar-refractivity contribution in [1.29, 1.82) is 0 Å². The number of amides is 2. The molecule has 0 bridgehead atoms. The Balaban J connectivity index is 1.55. The van der Waals surface area contributed by atoms with Crippen molar-refractivity contribution in [1.82, 2.24) is 20.2 Å². The molecule has 0 spiro atoms. The second kappa shape index (κ2) is 7.31. The minimum absolute atomic E-state index is 0.112. The molecule has 0 saturated carbocycles. The summed E-state index contributed by atoms with van der Waals surface area (Å²) in [4.78, 5) is 23.8. The molecule has 0 fully saturated rings. The highest BCUT2D eigenvalue weighted by Crippen LogP contribution is 2.17. The Kier molecular flexibility index (Phi) is 4.96. The van der Waals surface area contributed by atoms with Gasteiger partial charge >= 0.3 is 6.03 Å². The smallest absolute Gasteiger partial charge is 0.317 e. The molecule has 0 radical (unpaired) electrons. The summed E-state index contributed by atoms with van der Waals surface area (Å²) in [6.45, 7) is 3.04. The van der Waals surface area contributed by atoms with E-state index in [1.54, 1.807) is 29.5 Å². The molecule has 124 valence electrons. The zero-order valence-electron chi connectivity index (χ0n) is 13.7. The lowest BCUT2D eigenvalue weighted by atomic mass is 10.2. The van der Waals surface area contributed by atoms with E-state index in [2.05, 4.69) is 28.3 Å². The SMILES string of the molecule is Cc1ccc(CNC(=O)N(C)Cc2ncc(-c3ccccc3)[nH]2)s1. The second-order valence-corrected chi connectivity index (χ2v) is 7.01. The van der Waals surface area contributed by atoms with E-state index in [4.69, 9.17) is 0 Å². The van der Waals surface area contributed by atoms with E-state index in [1.807, 2.05) is 36.4 Å². The predicted molar refractivity (Wildman–Crippen MR) is 96.8 cm³/mol. The molecule has 1 aromatic carbocycles. The molecule has 3 rings (SSSR count). The Hall–Kier alpha value is -2.60. The number of urea groups is 1. The first-order valence-corrected chi connectivity index (χ1v) is 8.57. The maximum absolute atomic E-state index is 12.2. The Labute approximate surface area is 145 Å². The molecule has 2 N–H and O–H groups in total. The van der Waals surface area contributed by atoms with Crippen LogP contribution in [0, 0.1) is 6.92 Å². The van der Waals surface area contributed by atoms with Crippen molar-refractivity contribution < 1.29 is 4.79 Å². The van der Waals surface area contributed by atoms with Crippen molar-refractivity contribution in [2.24, 2.45) is 0 Å². The van der Waals surface area contributed by atoms with Crippen molar-refractivity contribution in [2.75, 3.05) is 7.05 Å². The molecule has 24 heavy (non-hydrogen) atoms. The molecule has 0 aliphatic carbocycles. The van der Waals surface area contributed by atoms with Gasteiger partial charge in [-0.1, -0.05) is 30.3 Å². The van der Waals surface area contributed by atoms with Gasteiger partial charge < -0.3 is 15.2 Å². The molecular formula is C18H20N4OS. The maximum Gasteiger partial charge on any atom is 0.317 e. The summed E-state index contributed by atoms with van der Waals surface area (Å²) in [5.41, 5.74) is 2.03. The van der Waals surface area contributed by atoms with Gasteiger partial charge in [-0.2, -0.15) is 0 Å². The zero-order valence-corrected chi connectivity index (χ0v) is 14.6. The van der Waals surface area contributed by atoms with Crippen molar-refractivity contribution >= 4 is 17.4 Å². The van der Waals surface area contributed by atoms with Gasteiger partial charge in [-0.25, -0.2) is 9.78 Å². The molecule has 2 heterocycles. The van der Waals surface area contributed by atoms with Gasteiger partial charge in [-0.3, -0.25) is 0 Å². The van der Waals surface area contributed by atoms with Gasteiger partial charge in [0.1, 0.15) is 5.82 Å². The van der Waals surface area contributed by atoms with E-state index in [9.17, 15) is 4.79 Å². The van der Waals surface area contributed by atoms with Crippen LogP contribution in [0.1, 0.15) is 15.6 Å². The predicted octanol–water partition coefficient (Wildman–Crippen LogP) is 3.79. The first-order valence-electron chi connectivity index (χ1n) is 7.75. The van der Waals surface area contributed by atoms with Crippen molar-refractivity contribution in [3.05, 3.63) is 64.2 Å². The normalized spacial score (nSPS) is 10.6. The number of carbonyl (C=O) groups excluding carboxylic acids is 1. The molecule has 0 unspecified atom stereocenters. The molecule has 0 saturated heterocycles. The Bertz CT molecular complexity index is 809. The number of H-pyrrole nitrogens is 1. The van der Waals surface area contributed by atoms with Crippen molar-refractivity contribution in [3.8, 4) is 11.3 Å². The number of carbonyl (C=O) groups is 1. The van der Waals surface area contributed by atoms with Crippen LogP contribution in [0.3, 0.4) is 0 Å². The number of thiophene rings is 1. The number of nitrogens with one attached hydrogen (secondary N) is 2. The van der Waals surface area contributed by atoms with Crippen molar-refractivity contribution in [2.45, 2.75) is 20.0 Å². The average Bonchev–Trinajstić information content (AvgIpc) is 3.22. The summed E-state index contributed by atoms with van der Waals surface area (Å²) < 4.78 is 0. The first kappa shape index (κ1) is 16.3. The van der Waals surface area contributed by atoms with Gasteiger partial charge in [0.05, 0.1) is 25.0 Å². The van der Waals surface area contributed by atoms with Crippen LogP contribution in [0.4, 0.5) is 4.79 Å². The van der Waals surface area contributed by atoms with Gasteiger partial charge in [-0.15, -0.1) is 11.3 Å². The third-order valence-electron chi connectivity index (χ3n) is 3.66. The summed E-state index contributed by atoms with van der Waals surface area (Å²) >= 11 is 1.69. The summed E-state index contributed by atoms with van der Waals surface area (Å²) in [5.74, 6) is 0.762. The van der Waals surface area contributed by atoms with Crippen LogP contribution in [0.2, 0.25) is 0 Å². The van der Waals surface area contributed by atoms with E-state index in [1.165, 1.54) is 4.88 Å². The molecular weight excluding hydrogens is 320 g/mol. The fourth-order valence-corrected chi connectivity index (χ4v) is 3.21. The van der Waals surface area contributed by atoms with Gasteiger partial charge in [-0.05, 0) is 24.6 Å². The number of benzene rings is 1. The molecule has 0 aliphatic rings. The van der Waals surface area contributed by atoms with Gasteiger partial charge in [0, 0.05) is 16.8 Å². The van der Waals surface area contributed by atoms with E-state index in [0.717, 1.165) is 22.0 Å². The summed E-state index contributed by atoms with van der Waals surface area (Å²) in [6.07, 6.45) is 1.80. The lowest BCUT2D eigenvalue weighted by Crippen LogP contribution is -2.36. The Morgan fingerprint density at radius 3 is 2.75 bits per heavy atom. The van der Waals surface area contributed by atoms with Gasteiger partial charge in [0.25, 0.3) is 0 Å². The second-order valence-electron chi connectivity index (χ2n) is 5.64. The highest BCUT2D eigenvalue weighted by molar-refractivity contribution is 7.11. The molecule has 2 aromatic heterocycles. The highest BCUT2D eigenvalue weighted by Gasteiger charge is 2.11. The third-order valence-corrected chi connectivity index (χ3v) is 4.66. The monoisotopic (exact) mass is 340 g/mol. The van der Waals surface area contributed by atoms with Gasteiger partial charge in [0.15, 0.2) is 0 Å². The maximum atomic E-state index is 12.2. The lowest BCUT2D eigenvalue weighted by molar-refractivity contribution is 0.205. The number of aromatic nitrogens is 2. The number of hydrogen-bond acceptors (Lipinski definition) is 3. The quantitative estimate of drug-likeness (QED) is 0.742. The minimum atomic E-state index is -0.112. The van der Waals surface area contributed by atoms with E-state index < -0.39 is 0 Å². The fourth-order valence-electron chi connectivity index (χ4n) is 2.38. The van der Waals surface area contributed by atoms with Crippen LogP contribution in [-0.2, 0) is 13.1 Å². The molecule has 5 nitrogen and oxygen atoms in total. The number of rotatable bonds is 5. The van der Waals surface area contributed by atoms with Crippen LogP contribution in [-0.4, -0.2) is 27.9 Å². The first-order chi connectivity index (χ1) is 11.6.